The molecule has 0 radical (unpaired) electrons. The number of hydrogen-bond donors (Lipinski definition) is 0. The summed E-state index contributed by atoms with van der Waals surface area (Å²) < 4.78 is 1.80. The minimum atomic E-state index is -0.0164. The minimum Gasteiger partial charge on any atom is -0.345 e. The predicted octanol–water partition coefficient (Wildman–Crippen LogP) is 5.14. The Morgan fingerprint density at radius 2 is 1.46 bits per heavy atom. The summed E-state index contributed by atoms with van der Waals surface area (Å²) in [5.41, 5.74) is 3.27. The Labute approximate surface area is 146 Å². The predicted molar refractivity (Wildman–Crippen MR) is 102 cm³/mol. The van der Waals surface area contributed by atoms with Crippen molar-refractivity contribution >= 4 is 11.6 Å². The number of carbonyl (C=O) groups excluding carboxylic acids is 2. The number of ketones is 2. The highest BCUT2D eigenvalue weighted by Crippen LogP contribution is 2.14. The Bertz CT molecular complexity index is 636. The summed E-state index contributed by atoms with van der Waals surface area (Å²) in [6.45, 7) is 11.8. The molecule has 0 saturated heterocycles. The monoisotopic (exact) mass is 329 g/mol. The molecule has 0 amide bonds. The molecule has 2 aromatic rings. The van der Waals surface area contributed by atoms with E-state index in [0.717, 1.165) is 11.3 Å². The highest BCUT2D eigenvalue weighted by molar-refractivity contribution is 6.08. The number of hydrogen-bond acceptors (Lipinski definition) is 2. The van der Waals surface area contributed by atoms with Gasteiger partial charge in [0, 0.05) is 24.7 Å². The molecular formula is C21H31NO2. The third-order valence-electron chi connectivity index (χ3n) is 3.20. The summed E-state index contributed by atoms with van der Waals surface area (Å²) in [4.78, 5) is 23.5. The van der Waals surface area contributed by atoms with Crippen LogP contribution in [0.2, 0.25) is 0 Å². The second-order valence-electron chi connectivity index (χ2n) is 5.55. The highest BCUT2D eigenvalue weighted by atomic mass is 16.1. The zero-order valence-corrected chi connectivity index (χ0v) is 16.1. The van der Waals surface area contributed by atoms with Crippen molar-refractivity contribution in [2.24, 2.45) is 7.05 Å². The number of aryl methyl sites for hydroxylation is 1. The molecule has 1 aromatic heterocycles. The van der Waals surface area contributed by atoms with Gasteiger partial charge in [-0.05, 0) is 26.0 Å². The number of nitrogens with zero attached hydrogens (tertiary/aromatic N) is 1. The maximum Gasteiger partial charge on any atom is 0.209 e. The van der Waals surface area contributed by atoms with Crippen LogP contribution in [0, 0.1) is 6.92 Å². The van der Waals surface area contributed by atoms with E-state index >= 15 is 0 Å². The van der Waals surface area contributed by atoms with Crippen LogP contribution in [-0.4, -0.2) is 16.1 Å². The summed E-state index contributed by atoms with van der Waals surface area (Å²) in [6.07, 6.45) is 1.61. The van der Waals surface area contributed by atoms with Crippen molar-refractivity contribution in [3.8, 4) is 0 Å². The van der Waals surface area contributed by atoms with Crippen LogP contribution in [0.25, 0.3) is 0 Å². The van der Waals surface area contributed by atoms with Crippen molar-refractivity contribution < 1.29 is 9.59 Å². The fourth-order valence-corrected chi connectivity index (χ4v) is 2.07. The van der Waals surface area contributed by atoms with Gasteiger partial charge in [-0.2, -0.15) is 0 Å². The molecule has 132 valence electrons. The van der Waals surface area contributed by atoms with Gasteiger partial charge in [0.1, 0.15) is 5.78 Å². The molecule has 3 heteroatoms. The van der Waals surface area contributed by atoms with Gasteiger partial charge in [-0.3, -0.25) is 9.59 Å². The Kier molecular flexibility index (Phi) is 10.4. The lowest BCUT2D eigenvalue weighted by Crippen LogP contribution is -2.10. The van der Waals surface area contributed by atoms with Gasteiger partial charge in [0.2, 0.25) is 5.78 Å². The van der Waals surface area contributed by atoms with E-state index in [2.05, 4.69) is 13.8 Å². The van der Waals surface area contributed by atoms with E-state index < -0.39 is 0 Å². The number of Topliss-reactive ketones (excluding diaryl/α,β-unsaturated/α-hetero) is 1. The smallest absolute Gasteiger partial charge is 0.209 e. The first kappa shape index (κ1) is 21.8. The molecule has 0 bridgehead atoms. The average molecular weight is 329 g/mol. The van der Waals surface area contributed by atoms with Crippen molar-refractivity contribution in [2.45, 2.75) is 54.4 Å². The van der Waals surface area contributed by atoms with Gasteiger partial charge in [0.25, 0.3) is 0 Å². The van der Waals surface area contributed by atoms with Crippen molar-refractivity contribution in [1.29, 1.82) is 0 Å². The van der Waals surface area contributed by atoms with E-state index in [1.807, 2.05) is 58.2 Å². The van der Waals surface area contributed by atoms with E-state index in [0.29, 0.717) is 17.7 Å². The maximum atomic E-state index is 12.4. The van der Waals surface area contributed by atoms with Gasteiger partial charge in [-0.25, -0.2) is 0 Å². The van der Waals surface area contributed by atoms with Gasteiger partial charge in [0.05, 0.1) is 5.69 Å². The molecule has 0 aliphatic carbocycles. The van der Waals surface area contributed by atoms with Crippen LogP contribution in [-0.2, 0) is 18.3 Å². The highest BCUT2D eigenvalue weighted by Gasteiger charge is 2.15. The number of benzene rings is 1. The number of aromatic nitrogens is 1. The molecule has 0 atom stereocenters. The Balaban J connectivity index is 0.000000952. The molecule has 0 aliphatic heterocycles. The molecule has 0 aliphatic rings. The summed E-state index contributed by atoms with van der Waals surface area (Å²) in [5, 5.41) is 0. The molecule has 24 heavy (non-hydrogen) atoms. The second kappa shape index (κ2) is 11.4. The Morgan fingerprint density at radius 3 is 1.92 bits per heavy atom. The van der Waals surface area contributed by atoms with Crippen molar-refractivity contribution in [2.75, 3.05) is 0 Å². The first-order valence-electron chi connectivity index (χ1n) is 8.66. The molecule has 0 unspecified atom stereocenters. The van der Waals surface area contributed by atoms with Crippen molar-refractivity contribution in [3.05, 3.63) is 58.9 Å². The molecule has 0 spiro atoms. The lowest BCUT2D eigenvalue weighted by atomic mass is 10.1. The molecule has 1 aromatic carbocycles. The van der Waals surface area contributed by atoms with Gasteiger partial charge < -0.3 is 4.57 Å². The summed E-state index contributed by atoms with van der Waals surface area (Å²) in [6, 6.07) is 11.1. The second-order valence-corrected chi connectivity index (χ2v) is 5.55. The number of carbonyl (C=O) groups is 2. The van der Waals surface area contributed by atoms with E-state index in [1.165, 1.54) is 6.42 Å². The Hall–Kier alpha value is -2.16. The fraction of sp³-hybridized carbons (Fsp3) is 0.429. The molecule has 0 N–H and O–H groups in total. The van der Waals surface area contributed by atoms with Crippen LogP contribution in [0.15, 0.2) is 36.4 Å². The van der Waals surface area contributed by atoms with Crippen LogP contribution >= 0.6 is 0 Å². The summed E-state index contributed by atoms with van der Waals surface area (Å²) in [7, 11) is 1.82. The van der Waals surface area contributed by atoms with Gasteiger partial charge >= 0.3 is 0 Å². The van der Waals surface area contributed by atoms with E-state index in [-0.39, 0.29) is 11.6 Å². The molecular weight excluding hydrogens is 298 g/mol. The third kappa shape index (κ3) is 6.53. The van der Waals surface area contributed by atoms with E-state index in [1.54, 1.807) is 17.6 Å². The number of rotatable bonds is 4. The maximum absolute atomic E-state index is 12.4. The van der Waals surface area contributed by atoms with Gasteiger partial charge in [0.15, 0.2) is 0 Å². The van der Waals surface area contributed by atoms with E-state index in [9.17, 15) is 9.59 Å². The lowest BCUT2D eigenvalue weighted by molar-refractivity contribution is -0.116. The zero-order chi connectivity index (χ0) is 18.7. The molecule has 3 nitrogen and oxygen atoms in total. The normalized spacial score (nSPS) is 9.29. The average Bonchev–Trinajstić information content (AvgIpc) is 2.90. The van der Waals surface area contributed by atoms with Crippen LogP contribution in [0.5, 0.6) is 0 Å². The van der Waals surface area contributed by atoms with Crippen LogP contribution in [0.1, 0.15) is 68.3 Å². The molecule has 1 heterocycles. The Morgan fingerprint density at radius 1 is 0.958 bits per heavy atom. The lowest BCUT2D eigenvalue weighted by Gasteiger charge is -2.06. The molecule has 0 saturated carbocycles. The SMILES string of the molecule is CC.CC(=O)Cc1ccc(C(=O)c2ccc(C)cc2)n1C.CCC. The first-order chi connectivity index (χ1) is 11.4. The molecule has 0 fully saturated rings. The summed E-state index contributed by atoms with van der Waals surface area (Å²) in [5.74, 6) is 0.0767. The standard InChI is InChI=1S/C16H17NO2.C3H8.C2H6/c1-11-4-6-13(7-5-11)16(19)15-9-8-14(17(15)3)10-12(2)18;1-3-2;1-2/h4-9H,10H2,1-3H3;3H2,1-2H3;1-2H3. The first-order valence-corrected chi connectivity index (χ1v) is 8.66. The van der Waals surface area contributed by atoms with Gasteiger partial charge in [-0.1, -0.05) is 63.9 Å². The van der Waals surface area contributed by atoms with E-state index in [4.69, 9.17) is 0 Å². The van der Waals surface area contributed by atoms with Crippen molar-refractivity contribution in [1.82, 2.24) is 4.57 Å². The third-order valence-corrected chi connectivity index (χ3v) is 3.20. The topological polar surface area (TPSA) is 39.1 Å². The van der Waals surface area contributed by atoms with Crippen LogP contribution in [0.4, 0.5) is 0 Å². The van der Waals surface area contributed by atoms with Crippen LogP contribution in [0.3, 0.4) is 0 Å². The largest absolute Gasteiger partial charge is 0.345 e. The van der Waals surface area contributed by atoms with Gasteiger partial charge in [-0.15, -0.1) is 0 Å². The zero-order valence-electron chi connectivity index (χ0n) is 16.1. The molecule has 2 rings (SSSR count). The summed E-state index contributed by atoms with van der Waals surface area (Å²) >= 11 is 0. The fourth-order valence-electron chi connectivity index (χ4n) is 2.07. The van der Waals surface area contributed by atoms with Crippen LogP contribution < -0.4 is 0 Å². The quantitative estimate of drug-likeness (QED) is 0.729. The minimum absolute atomic E-state index is 0.0164. The van der Waals surface area contributed by atoms with Crippen molar-refractivity contribution in [3.63, 3.8) is 0 Å².